The summed E-state index contributed by atoms with van der Waals surface area (Å²) in [6.07, 6.45) is -1.05. The molecule has 1 fully saturated rings. The number of carbonyl (C=O) groups excluding carboxylic acids is 4. The summed E-state index contributed by atoms with van der Waals surface area (Å²) in [7, 11) is 1.55. The summed E-state index contributed by atoms with van der Waals surface area (Å²) in [4.78, 5) is 60.4. The molecule has 2 aromatic carbocycles. The van der Waals surface area contributed by atoms with E-state index in [1.54, 1.807) is 7.05 Å². The Kier molecular flexibility index (Phi) is 9.20. The SMILES string of the molecule is [C-]#[N+][C@@H]1C[C@@]2(CN1C(=O)[C@H](CC(C)C)N(C)C(=O)[C@@H](NC(=O)OCc1ccccc1)C(C)C)C(=O)Nc1ccccc12. The summed E-state index contributed by atoms with van der Waals surface area (Å²) in [5.74, 6) is -1.28. The number of benzene rings is 2. The van der Waals surface area contributed by atoms with Gasteiger partial charge in [0, 0.05) is 19.3 Å². The van der Waals surface area contributed by atoms with Crippen molar-refractivity contribution in [3.63, 3.8) is 0 Å². The van der Waals surface area contributed by atoms with Crippen LogP contribution < -0.4 is 10.6 Å². The van der Waals surface area contributed by atoms with Gasteiger partial charge in [-0.1, -0.05) is 76.2 Å². The Labute approximate surface area is 247 Å². The Morgan fingerprint density at radius 2 is 1.79 bits per heavy atom. The molecule has 4 rings (SSSR count). The molecule has 2 N–H and O–H groups in total. The van der Waals surface area contributed by atoms with E-state index in [0.29, 0.717) is 12.1 Å². The highest BCUT2D eigenvalue weighted by Crippen LogP contribution is 2.47. The fourth-order valence-corrected chi connectivity index (χ4v) is 5.80. The third kappa shape index (κ3) is 6.10. The number of fused-ring (bicyclic) bond motifs is 2. The Morgan fingerprint density at radius 1 is 1.12 bits per heavy atom. The number of nitrogens with one attached hydrogen (secondary N) is 2. The summed E-state index contributed by atoms with van der Waals surface area (Å²) < 4.78 is 5.35. The van der Waals surface area contributed by atoms with Crippen LogP contribution in [0.3, 0.4) is 0 Å². The van der Waals surface area contributed by atoms with Crippen LogP contribution in [0, 0.1) is 18.4 Å². The molecular formula is C32H39N5O5. The van der Waals surface area contributed by atoms with Gasteiger partial charge in [-0.25, -0.2) is 11.4 Å². The van der Waals surface area contributed by atoms with E-state index < -0.39 is 35.7 Å². The van der Waals surface area contributed by atoms with Gasteiger partial charge >= 0.3 is 12.3 Å². The van der Waals surface area contributed by atoms with E-state index in [-0.39, 0.29) is 43.2 Å². The fraction of sp³-hybridized carbons (Fsp3) is 0.469. The molecule has 4 amide bonds. The Balaban J connectivity index is 1.53. The van der Waals surface area contributed by atoms with E-state index in [4.69, 9.17) is 11.3 Å². The molecule has 4 atom stereocenters. The van der Waals surface area contributed by atoms with Gasteiger partial charge in [0.15, 0.2) is 0 Å². The summed E-state index contributed by atoms with van der Waals surface area (Å²) in [6.45, 7) is 15.5. The third-order valence-corrected chi connectivity index (χ3v) is 8.10. The van der Waals surface area contributed by atoms with E-state index >= 15 is 0 Å². The minimum atomic E-state index is -1.02. The standard InChI is InChI=1S/C32H39N5O5/c1-20(2)16-25(36(6)29(39)27(21(3)4)35-31(41)42-18-22-12-8-7-9-13-22)28(38)37-19-32(17-26(37)33-5)23-14-10-11-15-24(23)34-30(32)40/h7-15,20-21,25-27H,16-19H2,1-4,6H3,(H,34,40)(H,35,41)/t25-,26-,27-,32-/m0/s1. The molecule has 0 aliphatic carbocycles. The topological polar surface area (TPSA) is 112 Å². The Hall–Kier alpha value is -4.39. The fourth-order valence-electron chi connectivity index (χ4n) is 5.80. The highest BCUT2D eigenvalue weighted by molar-refractivity contribution is 6.07. The maximum atomic E-state index is 14.2. The molecule has 10 heteroatoms. The second-order valence-electron chi connectivity index (χ2n) is 11.9. The van der Waals surface area contributed by atoms with Crippen LogP contribution in [0.2, 0.25) is 0 Å². The van der Waals surface area contributed by atoms with Gasteiger partial charge in [-0.05, 0) is 35.4 Å². The van der Waals surface area contributed by atoms with Crippen molar-refractivity contribution in [2.75, 3.05) is 18.9 Å². The van der Waals surface area contributed by atoms with Gasteiger partial charge in [0.1, 0.15) is 24.1 Å². The van der Waals surface area contributed by atoms with Crippen molar-refractivity contribution >= 4 is 29.5 Å². The largest absolute Gasteiger partial charge is 0.445 e. The summed E-state index contributed by atoms with van der Waals surface area (Å²) in [5.41, 5.74) is 1.27. The molecule has 10 nitrogen and oxygen atoms in total. The Bertz CT molecular complexity index is 1370. The van der Waals surface area contributed by atoms with E-state index in [2.05, 4.69) is 15.5 Å². The zero-order valence-corrected chi connectivity index (χ0v) is 24.8. The quantitative estimate of drug-likeness (QED) is 0.437. The normalized spacial score (nSPS) is 20.6. The molecule has 42 heavy (non-hydrogen) atoms. The molecule has 0 unspecified atom stereocenters. The molecular weight excluding hydrogens is 534 g/mol. The average Bonchev–Trinajstić information content (AvgIpc) is 3.50. The van der Waals surface area contributed by atoms with Gasteiger partial charge in [-0.3, -0.25) is 24.1 Å². The van der Waals surface area contributed by atoms with Crippen LogP contribution >= 0.6 is 0 Å². The van der Waals surface area contributed by atoms with E-state index in [9.17, 15) is 19.2 Å². The summed E-state index contributed by atoms with van der Waals surface area (Å²) in [6, 6.07) is 14.8. The van der Waals surface area contributed by atoms with Gasteiger partial charge in [-0.2, -0.15) is 0 Å². The molecule has 222 valence electrons. The van der Waals surface area contributed by atoms with E-state index in [1.165, 1.54) is 9.80 Å². The Morgan fingerprint density at radius 3 is 2.43 bits per heavy atom. The number of hydrogen-bond acceptors (Lipinski definition) is 5. The lowest BCUT2D eigenvalue weighted by atomic mass is 9.80. The van der Waals surface area contributed by atoms with Crippen LogP contribution in [0.25, 0.3) is 4.85 Å². The number of rotatable bonds is 9. The molecule has 1 spiro atoms. The molecule has 2 aliphatic heterocycles. The van der Waals surface area contributed by atoms with Crippen molar-refractivity contribution < 1.29 is 23.9 Å². The number of amides is 4. The minimum absolute atomic E-state index is 0.0500. The van der Waals surface area contributed by atoms with Gasteiger partial charge in [0.2, 0.25) is 11.8 Å². The first-order chi connectivity index (χ1) is 20.0. The minimum Gasteiger partial charge on any atom is -0.445 e. The maximum Gasteiger partial charge on any atom is 0.408 e. The summed E-state index contributed by atoms with van der Waals surface area (Å²) >= 11 is 0. The van der Waals surface area contributed by atoms with Crippen LogP contribution in [0.4, 0.5) is 10.5 Å². The first-order valence-corrected chi connectivity index (χ1v) is 14.3. The monoisotopic (exact) mass is 573 g/mol. The van der Waals surface area contributed by atoms with Gasteiger partial charge in [0.25, 0.3) is 5.91 Å². The third-order valence-electron chi connectivity index (χ3n) is 8.10. The average molecular weight is 574 g/mol. The van der Waals surface area contributed by atoms with Crippen LogP contribution in [-0.4, -0.2) is 65.5 Å². The number of ether oxygens (including phenoxy) is 1. The molecule has 0 aromatic heterocycles. The molecule has 0 radical (unpaired) electrons. The van der Waals surface area contributed by atoms with Crippen LogP contribution in [0.15, 0.2) is 54.6 Å². The predicted molar refractivity (Wildman–Crippen MR) is 158 cm³/mol. The van der Waals surface area contributed by atoms with Crippen LogP contribution in [0.5, 0.6) is 0 Å². The first-order valence-electron chi connectivity index (χ1n) is 14.3. The van der Waals surface area contributed by atoms with Crippen molar-refractivity contribution in [3.8, 4) is 0 Å². The number of carbonyl (C=O) groups is 4. The van der Waals surface area contributed by atoms with E-state index in [1.807, 2.05) is 82.3 Å². The summed E-state index contributed by atoms with van der Waals surface area (Å²) in [5, 5.41) is 5.59. The van der Waals surface area contributed by atoms with Crippen molar-refractivity contribution in [3.05, 3.63) is 77.1 Å². The molecule has 2 aromatic rings. The number of anilines is 1. The molecule has 2 heterocycles. The second-order valence-corrected chi connectivity index (χ2v) is 11.9. The molecule has 2 aliphatic rings. The van der Waals surface area contributed by atoms with Crippen molar-refractivity contribution in [1.29, 1.82) is 0 Å². The lowest BCUT2D eigenvalue weighted by Gasteiger charge is -2.35. The highest BCUT2D eigenvalue weighted by atomic mass is 16.5. The first kappa shape index (κ1) is 30.6. The number of nitrogens with zero attached hydrogens (tertiary/aromatic N) is 3. The zero-order chi connectivity index (χ0) is 30.6. The number of alkyl carbamates (subject to hydrolysis) is 1. The van der Waals surface area contributed by atoms with Gasteiger partial charge < -0.3 is 20.3 Å². The number of hydrogen-bond donors (Lipinski definition) is 2. The number of para-hydroxylation sites is 1. The molecule has 0 saturated carbocycles. The van der Waals surface area contributed by atoms with Crippen LogP contribution in [0.1, 0.15) is 51.7 Å². The zero-order valence-electron chi connectivity index (χ0n) is 24.8. The predicted octanol–water partition coefficient (Wildman–Crippen LogP) is 4.18. The lowest BCUT2D eigenvalue weighted by molar-refractivity contribution is -0.147. The van der Waals surface area contributed by atoms with Crippen LogP contribution in [-0.2, 0) is 31.1 Å². The van der Waals surface area contributed by atoms with Crippen molar-refractivity contribution in [2.45, 2.75) is 70.8 Å². The van der Waals surface area contributed by atoms with Gasteiger partial charge in [-0.15, -0.1) is 0 Å². The smallest absolute Gasteiger partial charge is 0.408 e. The van der Waals surface area contributed by atoms with Crippen molar-refractivity contribution in [2.24, 2.45) is 11.8 Å². The van der Waals surface area contributed by atoms with Gasteiger partial charge in [0.05, 0.1) is 6.42 Å². The molecule has 1 saturated heterocycles. The van der Waals surface area contributed by atoms with E-state index in [0.717, 1.165) is 11.1 Å². The second kappa shape index (κ2) is 12.6. The molecule has 0 bridgehead atoms. The maximum absolute atomic E-state index is 14.2. The number of likely N-dealkylation sites (tertiary alicyclic amines) is 1. The lowest BCUT2D eigenvalue weighted by Crippen LogP contribution is -2.57. The number of likely N-dealkylation sites (N-methyl/N-ethyl adjacent to an activating group) is 1. The van der Waals surface area contributed by atoms with Crippen molar-refractivity contribution in [1.82, 2.24) is 15.1 Å². The highest BCUT2D eigenvalue weighted by Gasteiger charge is 2.59.